The van der Waals surface area contributed by atoms with Gasteiger partial charge in [0.1, 0.15) is 0 Å². The number of ether oxygens (including phenoxy) is 5. The molecule has 0 saturated heterocycles. The molecule has 2 atom stereocenters. The van der Waals surface area contributed by atoms with Crippen LogP contribution in [0.5, 0.6) is 0 Å². The molecule has 1 aromatic rings. The summed E-state index contributed by atoms with van der Waals surface area (Å²) < 4.78 is 27.6. The number of hydrogen-bond donors (Lipinski definition) is 1. The number of hydrogen-bond acceptors (Lipinski definition) is 6. The second-order valence-corrected chi connectivity index (χ2v) is 6.29. The predicted molar refractivity (Wildman–Crippen MR) is 100 cm³/mol. The summed E-state index contributed by atoms with van der Waals surface area (Å²) in [7, 11) is 0. The van der Waals surface area contributed by atoms with E-state index in [1.807, 2.05) is 12.1 Å². The Bertz CT molecular complexity index is 485. The van der Waals surface area contributed by atoms with Gasteiger partial charge in [-0.15, -0.1) is 0 Å². The van der Waals surface area contributed by atoms with Crippen molar-refractivity contribution < 1.29 is 23.7 Å². The van der Waals surface area contributed by atoms with E-state index in [1.54, 1.807) is 0 Å². The molecular formula is C20H33NO5. The summed E-state index contributed by atoms with van der Waals surface area (Å²) in [5.41, 5.74) is 8.73. The van der Waals surface area contributed by atoms with Crippen LogP contribution in [0.25, 0.3) is 0 Å². The van der Waals surface area contributed by atoms with Gasteiger partial charge in [0.25, 0.3) is 0 Å². The van der Waals surface area contributed by atoms with E-state index in [-0.39, 0.29) is 12.1 Å². The van der Waals surface area contributed by atoms with Crippen molar-refractivity contribution in [1.82, 2.24) is 0 Å². The zero-order chi connectivity index (χ0) is 18.5. The SMILES string of the molecule is CCCOCCOCCOCCOCCO[C@@H]1Cc2ccccc2[C@@H]1N. The molecule has 0 heterocycles. The Morgan fingerprint density at radius 3 is 1.92 bits per heavy atom. The molecule has 0 spiro atoms. The molecule has 2 rings (SSSR count). The summed E-state index contributed by atoms with van der Waals surface area (Å²) in [6.07, 6.45) is 1.96. The Labute approximate surface area is 156 Å². The summed E-state index contributed by atoms with van der Waals surface area (Å²) in [6.45, 7) is 7.51. The molecule has 0 radical (unpaired) electrons. The van der Waals surface area contributed by atoms with Crippen LogP contribution in [-0.2, 0) is 30.1 Å². The molecule has 0 unspecified atom stereocenters. The van der Waals surface area contributed by atoms with E-state index in [4.69, 9.17) is 29.4 Å². The molecule has 1 aliphatic rings. The van der Waals surface area contributed by atoms with E-state index in [9.17, 15) is 0 Å². The van der Waals surface area contributed by atoms with Crippen molar-refractivity contribution in [3.63, 3.8) is 0 Å². The Kier molecular flexibility index (Phi) is 10.8. The summed E-state index contributed by atoms with van der Waals surface area (Å²) in [4.78, 5) is 0. The largest absolute Gasteiger partial charge is 0.379 e. The van der Waals surface area contributed by atoms with Gasteiger partial charge in [-0.2, -0.15) is 0 Å². The van der Waals surface area contributed by atoms with Crippen molar-refractivity contribution >= 4 is 0 Å². The second-order valence-electron chi connectivity index (χ2n) is 6.29. The topological polar surface area (TPSA) is 72.2 Å². The van der Waals surface area contributed by atoms with Gasteiger partial charge in [-0.3, -0.25) is 0 Å². The van der Waals surface area contributed by atoms with Crippen molar-refractivity contribution in [1.29, 1.82) is 0 Å². The third-order valence-corrected chi connectivity index (χ3v) is 4.26. The average molecular weight is 367 g/mol. The minimum absolute atomic E-state index is 0.0399. The lowest BCUT2D eigenvalue weighted by molar-refractivity contribution is -0.0251. The van der Waals surface area contributed by atoms with Crippen molar-refractivity contribution in [2.24, 2.45) is 5.73 Å². The fraction of sp³-hybridized carbons (Fsp3) is 0.700. The molecule has 0 amide bonds. The van der Waals surface area contributed by atoms with Gasteiger partial charge in [-0.25, -0.2) is 0 Å². The van der Waals surface area contributed by atoms with Crippen LogP contribution in [0.4, 0.5) is 0 Å². The highest BCUT2D eigenvalue weighted by molar-refractivity contribution is 5.36. The highest BCUT2D eigenvalue weighted by atomic mass is 16.6. The normalized spacial score (nSPS) is 19.0. The molecule has 26 heavy (non-hydrogen) atoms. The van der Waals surface area contributed by atoms with Gasteiger partial charge < -0.3 is 29.4 Å². The summed E-state index contributed by atoms with van der Waals surface area (Å²) in [5.74, 6) is 0. The summed E-state index contributed by atoms with van der Waals surface area (Å²) >= 11 is 0. The Balaban J connectivity index is 1.36. The summed E-state index contributed by atoms with van der Waals surface area (Å²) in [6, 6.07) is 8.23. The number of fused-ring (bicyclic) bond motifs is 1. The van der Waals surface area contributed by atoms with E-state index < -0.39 is 0 Å². The van der Waals surface area contributed by atoms with Gasteiger partial charge in [0.15, 0.2) is 0 Å². The van der Waals surface area contributed by atoms with E-state index >= 15 is 0 Å². The highest BCUT2D eigenvalue weighted by Gasteiger charge is 2.29. The maximum atomic E-state index is 6.24. The molecular weight excluding hydrogens is 334 g/mol. The minimum Gasteiger partial charge on any atom is -0.379 e. The molecule has 0 saturated carbocycles. The van der Waals surface area contributed by atoms with E-state index in [1.165, 1.54) is 11.1 Å². The van der Waals surface area contributed by atoms with Gasteiger partial charge >= 0.3 is 0 Å². The number of benzene rings is 1. The van der Waals surface area contributed by atoms with Gasteiger partial charge in [0, 0.05) is 13.0 Å². The Morgan fingerprint density at radius 1 is 0.808 bits per heavy atom. The molecule has 1 aromatic carbocycles. The quantitative estimate of drug-likeness (QED) is 0.479. The van der Waals surface area contributed by atoms with Crippen molar-refractivity contribution in [3.8, 4) is 0 Å². The van der Waals surface area contributed by atoms with E-state index in [2.05, 4.69) is 19.1 Å². The molecule has 1 aliphatic carbocycles. The zero-order valence-electron chi connectivity index (χ0n) is 15.9. The van der Waals surface area contributed by atoms with Crippen LogP contribution in [-0.4, -0.2) is 65.6 Å². The highest BCUT2D eigenvalue weighted by Crippen LogP contribution is 2.31. The minimum atomic E-state index is -0.0399. The second kappa shape index (κ2) is 13.2. The summed E-state index contributed by atoms with van der Waals surface area (Å²) in [5, 5.41) is 0. The maximum Gasteiger partial charge on any atom is 0.0809 e. The van der Waals surface area contributed by atoms with Crippen molar-refractivity contribution in [2.45, 2.75) is 31.9 Å². The lowest BCUT2D eigenvalue weighted by Gasteiger charge is -2.17. The lowest BCUT2D eigenvalue weighted by atomic mass is 10.1. The maximum absolute atomic E-state index is 6.24. The van der Waals surface area contributed by atoms with Crippen LogP contribution in [0.1, 0.15) is 30.5 Å². The van der Waals surface area contributed by atoms with Gasteiger partial charge in [0.05, 0.1) is 65.0 Å². The molecule has 2 N–H and O–H groups in total. The van der Waals surface area contributed by atoms with Crippen LogP contribution in [0.2, 0.25) is 0 Å². The van der Waals surface area contributed by atoms with Crippen molar-refractivity contribution in [2.75, 3.05) is 59.5 Å². The molecule has 6 heteroatoms. The first-order chi connectivity index (χ1) is 12.8. The van der Waals surface area contributed by atoms with Crippen LogP contribution in [0.15, 0.2) is 24.3 Å². The monoisotopic (exact) mass is 367 g/mol. The van der Waals surface area contributed by atoms with Crippen LogP contribution < -0.4 is 5.73 Å². The predicted octanol–water partition coefficient (Wildman–Crippen LogP) is 2.10. The molecule has 148 valence electrons. The lowest BCUT2D eigenvalue weighted by Crippen LogP contribution is -2.26. The molecule has 0 fully saturated rings. The zero-order valence-corrected chi connectivity index (χ0v) is 15.9. The van der Waals surface area contributed by atoms with Crippen LogP contribution >= 0.6 is 0 Å². The molecule has 0 aliphatic heterocycles. The average Bonchev–Trinajstić information content (AvgIpc) is 2.98. The van der Waals surface area contributed by atoms with Crippen LogP contribution in [0.3, 0.4) is 0 Å². The van der Waals surface area contributed by atoms with Crippen molar-refractivity contribution in [3.05, 3.63) is 35.4 Å². The number of nitrogens with two attached hydrogens (primary N) is 1. The molecule has 0 aromatic heterocycles. The fourth-order valence-corrected chi connectivity index (χ4v) is 2.92. The van der Waals surface area contributed by atoms with E-state index in [0.717, 1.165) is 19.4 Å². The van der Waals surface area contributed by atoms with Gasteiger partial charge in [0.2, 0.25) is 0 Å². The Morgan fingerprint density at radius 2 is 1.35 bits per heavy atom. The van der Waals surface area contributed by atoms with Gasteiger partial charge in [-0.05, 0) is 17.5 Å². The molecule has 0 bridgehead atoms. The Hall–Kier alpha value is -1.02. The number of rotatable bonds is 15. The first kappa shape index (κ1) is 21.3. The van der Waals surface area contributed by atoms with Crippen LogP contribution in [0, 0.1) is 0 Å². The van der Waals surface area contributed by atoms with Gasteiger partial charge in [-0.1, -0.05) is 31.2 Å². The van der Waals surface area contributed by atoms with E-state index in [0.29, 0.717) is 52.9 Å². The third kappa shape index (κ3) is 7.70. The third-order valence-electron chi connectivity index (χ3n) is 4.26. The standard InChI is InChI=1S/C20H33NO5/c1-2-7-22-8-9-23-10-11-24-12-13-25-14-15-26-19-16-17-5-3-4-6-18(17)20(19)21/h3-6,19-20H,2,7-16,21H2,1H3/t19-,20+/m1/s1. The smallest absolute Gasteiger partial charge is 0.0809 e. The first-order valence-corrected chi connectivity index (χ1v) is 9.59. The molecule has 6 nitrogen and oxygen atoms in total. The fourth-order valence-electron chi connectivity index (χ4n) is 2.92. The first-order valence-electron chi connectivity index (χ1n) is 9.59.